The fourth-order valence-corrected chi connectivity index (χ4v) is 2.93. The predicted octanol–water partition coefficient (Wildman–Crippen LogP) is 1.19. The van der Waals surface area contributed by atoms with Gasteiger partial charge in [-0.1, -0.05) is 0 Å². The van der Waals surface area contributed by atoms with E-state index in [0.717, 1.165) is 43.0 Å². The van der Waals surface area contributed by atoms with Crippen LogP contribution in [-0.4, -0.2) is 39.3 Å². The highest BCUT2D eigenvalue weighted by Crippen LogP contribution is 2.31. The highest BCUT2D eigenvalue weighted by molar-refractivity contribution is 5.96. The summed E-state index contributed by atoms with van der Waals surface area (Å²) in [4.78, 5) is 12.6. The summed E-state index contributed by atoms with van der Waals surface area (Å²) in [6.07, 6.45) is 1.71. The number of nitrogens with one attached hydrogen (secondary N) is 2. The monoisotopic (exact) mass is 276 g/mol. The molecule has 0 saturated carbocycles. The first-order valence-corrected chi connectivity index (χ1v) is 7.00. The van der Waals surface area contributed by atoms with Crippen molar-refractivity contribution in [2.45, 2.75) is 12.8 Å². The van der Waals surface area contributed by atoms with Crippen LogP contribution in [-0.2, 0) is 16.0 Å². The average molecular weight is 276 g/mol. The molecule has 108 valence electrons. The number of rotatable bonds is 4. The summed E-state index contributed by atoms with van der Waals surface area (Å²) in [5.74, 6) is 0.959. The van der Waals surface area contributed by atoms with Crippen LogP contribution in [0.2, 0.25) is 0 Å². The zero-order valence-corrected chi connectivity index (χ0v) is 11.7. The van der Waals surface area contributed by atoms with Gasteiger partial charge >= 0.3 is 0 Å². The summed E-state index contributed by atoms with van der Waals surface area (Å²) in [5.41, 5.74) is 1.54. The number of amides is 1. The first kappa shape index (κ1) is 13.4. The first-order valence-electron chi connectivity index (χ1n) is 7.00. The standard InChI is InChI=1S/C15H20N2O3/c1-19-10-15(5-6-16-9-15)14(18)17-12-2-3-13-11(8-12)4-7-20-13/h2-3,8,16H,4-7,9-10H2,1H3,(H,17,18). The van der Waals surface area contributed by atoms with Crippen molar-refractivity contribution in [1.82, 2.24) is 5.32 Å². The van der Waals surface area contributed by atoms with E-state index in [-0.39, 0.29) is 5.91 Å². The molecular formula is C15H20N2O3. The number of hydrogen-bond acceptors (Lipinski definition) is 4. The number of carbonyl (C=O) groups is 1. The van der Waals surface area contributed by atoms with Gasteiger partial charge in [0.1, 0.15) is 5.75 Å². The molecule has 2 aliphatic heterocycles. The predicted molar refractivity (Wildman–Crippen MR) is 76.1 cm³/mol. The quantitative estimate of drug-likeness (QED) is 0.867. The SMILES string of the molecule is COCC1(C(=O)Nc2ccc3c(c2)CCO3)CCNC1. The molecule has 5 nitrogen and oxygen atoms in total. The van der Waals surface area contributed by atoms with E-state index < -0.39 is 5.41 Å². The molecule has 2 aliphatic rings. The lowest BCUT2D eigenvalue weighted by Gasteiger charge is -2.26. The topological polar surface area (TPSA) is 59.6 Å². The molecule has 0 radical (unpaired) electrons. The van der Waals surface area contributed by atoms with Gasteiger partial charge in [0, 0.05) is 25.8 Å². The van der Waals surface area contributed by atoms with Crippen LogP contribution in [0, 0.1) is 5.41 Å². The molecule has 1 atom stereocenters. The van der Waals surface area contributed by atoms with E-state index in [1.165, 1.54) is 0 Å². The fraction of sp³-hybridized carbons (Fsp3) is 0.533. The maximum Gasteiger partial charge on any atom is 0.234 e. The number of benzene rings is 1. The minimum Gasteiger partial charge on any atom is -0.493 e. The van der Waals surface area contributed by atoms with Crippen LogP contribution in [0.3, 0.4) is 0 Å². The van der Waals surface area contributed by atoms with Gasteiger partial charge in [0.2, 0.25) is 5.91 Å². The molecule has 0 aliphatic carbocycles. The summed E-state index contributed by atoms with van der Waals surface area (Å²) in [7, 11) is 1.64. The molecule has 1 aromatic rings. The van der Waals surface area contributed by atoms with Crippen molar-refractivity contribution in [2.75, 3.05) is 38.7 Å². The molecule has 0 spiro atoms. The third-order valence-corrected chi connectivity index (χ3v) is 4.09. The lowest BCUT2D eigenvalue weighted by molar-refractivity contribution is -0.127. The number of methoxy groups -OCH3 is 1. The van der Waals surface area contributed by atoms with Gasteiger partial charge in [-0.3, -0.25) is 4.79 Å². The van der Waals surface area contributed by atoms with Crippen LogP contribution in [0.5, 0.6) is 5.75 Å². The normalized spacial score (nSPS) is 24.2. The molecule has 1 unspecified atom stereocenters. The minimum absolute atomic E-state index is 0.0308. The Hall–Kier alpha value is -1.59. The molecule has 0 bridgehead atoms. The van der Waals surface area contributed by atoms with Crippen molar-refractivity contribution in [3.8, 4) is 5.75 Å². The summed E-state index contributed by atoms with van der Waals surface area (Å²) in [5, 5.41) is 6.27. The Bertz CT molecular complexity index is 510. The van der Waals surface area contributed by atoms with Crippen molar-refractivity contribution < 1.29 is 14.3 Å². The Kier molecular flexibility index (Phi) is 3.63. The van der Waals surface area contributed by atoms with Crippen molar-refractivity contribution in [1.29, 1.82) is 0 Å². The summed E-state index contributed by atoms with van der Waals surface area (Å²) in [6.45, 7) is 2.69. The van der Waals surface area contributed by atoms with Crippen LogP contribution < -0.4 is 15.4 Å². The maximum absolute atomic E-state index is 12.6. The number of carbonyl (C=O) groups excluding carboxylic acids is 1. The minimum atomic E-state index is -0.454. The first-order chi connectivity index (χ1) is 9.73. The molecule has 20 heavy (non-hydrogen) atoms. The second-order valence-electron chi connectivity index (χ2n) is 5.52. The van der Waals surface area contributed by atoms with Gasteiger partial charge in [-0.05, 0) is 36.7 Å². The van der Waals surface area contributed by atoms with Gasteiger partial charge in [-0.15, -0.1) is 0 Å². The molecule has 1 fully saturated rings. The van der Waals surface area contributed by atoms with E-state index in [4.69, 9.17) is 9.47 Å². The zero-order chi connectivity index (χ0) is 14.0. The Labute approximate surface area is 118 Å². The van der Waals surface area contributed by atoms with Gasteiger partial charge in [0.25, 0.3) is 0 Å². The van der Waals surface area contributed by atoms with Gasteiger partial charge in [0.05, 0.1) is 18.6 Å². The van der Waals surface area contributed by atoms with Gasteiger partial charge in [-0.25, -0.2) is 0 Å². The second kappa shape index (κ2) is 5.42. The number of hydrogen-bond donors (Lipinski definition) is 2. The summed E-state index contributed by atoms with van der Waals surface area (Å²) < 4.78 is 10.7. The molecule has 3 rings (SSSR count). The van der Waals surface area contributed by atoms with E-state index in [9.17, 15) is 4.79 Å². The van der Waals surface area contributed by atoms with Crippen molar-refractivity contribution in [2.24, 2.45) is 5.41 Å². The van der Waals surface area contributed by atoms with E-state index in [0.29, 0.717) is 13.2 Å². The summed E-state index contributed by atoms with van der Waals surface area (Å²) >= 11 is 0. The van der Waals surface area contributed by atoms with Crippen LogP contribution in [0.25, 0.3) is 0 Å². The van der Waals surface area contributed by atoms with Gasteiger partial charge in [0.15, 0.2) is 0 Å². The van der Waals surface area contributed by atoms with Gasteiger partial charge in [-0.2, -0.15) is 0 Å². The third kappa shape index (κ3) is 2.39. The smallest absolute Gasteiger partial charge is 0.234 e. The Morgan fingerprint density at radius 3 is 3.20 bits per heavy atom. The van der Waals surface area contributed by atoms with Crippen LogP contribution in [0.4, 0.5) is 5.69 Å². The number of fused-ring (bicyclic) bond motifs is 1. The van der Waals surface area contributed by atoms with Crippen molar-refractivity contribution in [3.63, 3.8) is 0 Å². The van der Waals surface area contributed by atoms with E-state index in [2.05, 4.69) is 10.6 Å². The Morgan fingerprint density at radius 2 is 2.45 bits per heavy atom. The second-order valence-corrected chi connectivity index (χ2v) is 5.52. The highest BCUT2D eigenvalue weighted by Gasteiger charge is 2.41. The van der Waals surface area contributed by atoms with E-state index >= 15 is 0 Å². The van der Waals surface area contributed by atoms with Crippen LogP contribution in [0.15, 0.2) is 18.2 Å². The molecule has 2 heterocycles. The molecule has 1 saturated heterocycles. The van der Waals surface area contributed by atoms with E-state index in [1.54, 1.807) is 7.11 Å². The lowest BCUT2D eigenvalue weighted by Crippen LogP contribution is -2.41. The largest absolute Gasteiger partial charge is 0.493 e. The zero-order valence-electron chi connectivity index (χ0n) is 11.7. The molecule has 2 N–H and O–H groups in total. The molecule has 0 aromatic heterocycles. The molecular weight excluding hydrogens is 256 g/mol. The summed E-state index contributed by atoms with van der Waals surface area (Å²) in [6, 6.07) is 5.82. The van der Waals surface area contributed by atoms with E-state index in [1.807, 2.05) is 18.2 Å². The third-order valence-electron chi connectivity index (χ3n) is 4.09. The van der Waals surface area contributed by atoms with Crippen molar-refractivity contribution >= 4 is 11.6 Å². The average Bonchev–Trinajstić information content (AvgIpc) is 3.08. The highest BCUT2D eigenvalue weighted by atomic mass is 16.5. The Morgan fingerprint density at radius 1 is 1.55 bits per heavy atom. The Balaban J connectivity index is 1.74. The fourth-order valence-electron chi connectivity index (χ4n) is 2.93. The number of ether oxygens (including phenoxy) is 2. The van der Waals surface area contributed by atoms with Crippen LogP contribution >= 0.6 is 0 Å². The number of anilines is 1. The lowest BCUT2D eigenvalue weighted by atomic mass is 9.87. The maximum atomic E-state index is 12.6. The molecule has 1 aromatic carbocycles. The molecule has 1 amide bonds. The molecule has 5 heteroatoms. The van der Waals surface area contributed by atoms with Gasteiger partial charge < -0.3 is 20.1 Å². The van der Waals surface area contributed by atoms with Crippen molar-refractivity contribution in [3.05, 3.63) is 23.8 Å². The van der Waals surface area contributed by atoms with Crippen LogP contribution in [0.1, 0.15) is 12.0 Å².